The van der Waals surface area contributed by atoms with Gasteiger partial charge in [-0.15, -0.1) is 11.3 Å². The van der Waals surface area contributed by atoms with Crippen LogP contribution < -0.4 is 5.73 Å². The van der Waals surface area contributed by atoms with E-state index in [4.69, 9.17) is 9.79 Å². The summed E-state index contributed by atoms with van der Waals surface area (Å²) in [5.41, 5.74) is 4.67. The molecule has 0 radical (unpaired) electrons. The van der Waals surface area contributed by atoms with Crippen LogP contribution in [0.25, 0.3) is 0 Å². The van der Waals surface area contributed by atoms with Gasteiger partial charge in [0, 0.05) is 38.4 Å². The lowest BCUT2D eigenvalue weighted by atomic mass is 9.83. The molecule has 4 nitrogen and oxygen atoms in total. The largest absolute Gasteiger partial charge is 0.353 e. The molecule has 1 aromatic heterocycles. The highest BCUT2D eigenvalue weighted by Gasteiger charge is 2.28. The van der Waals surface area contributed by atoms with E-state index in [0.29, 0.717) is 6.42 Å². The van der Waals surface area contributed by atoms with Gasteiger partial charge in [-0.2, -0.15) is 0 Å². The fourth-order valence-corrected chi connectivity index (χ4v) is 6.30. The van der Waals surface area contributed by atoms with E-state index < -0.39 is 15.7 Å². The highest BCUT2D eigenvalue weighted by molar-refractivity contribution is 7.51. The van der Waals surface area contributed by atoms with Gasteiger partial charge in [0.2, 0.25) is 0 Å². The Hall–Kier alpha value is 0.0269. The van der Waals surface area contributed by atoms with Gasteiger partial charge in [0.25, 0.3) is 0 Å². The minimum Gasteiger partial charge on any atom is -0.353 e. The first-order valence-electron chi connectivity index (χ1n) is 10.4. The van der Waals surface area contributed by atoms with Gasteiger partial charge in [0.1, 0.15) is 0 Å². The van der Waals surface area contributed by atoms with Crippen LogP contribution in [-0.4, -0.2) is 29.6 Å². The first-order valence-corrected chi connectivity index (χ1v) is 16.8. The number of hydrogen-bond acceptors (Lipinski definition) is 2. The molecule has 7 heteroatoms. The van der Waals surface area contributed by atoms with Crippen molar-refractivity contribution < 1.29 is 20.1 Å². The molecule has 0 saturated heterocycles. The van der Waals surface area contributed by atoms with E-state index >= 15 is 0 Å². The van der Waals surface area contributed by atoms with Crippen molar-refractivity contribution in [1.82, 2.24) is 0 Å². The molecule has 27 heavy (non-hydrogen) atoms. The smallest absolute Gasteiger partial charge is 0.325 e. The molecule has 0 aromatic carbocycles. The third-order valence-electron chi connectivity index (χ3n) is 5.25. The maximum absolute atomic E-state index is 11.1. The summed E-state index contributed by atoms with van der Waals surface area (Å²) in [6, 6.07) is 5.70. The molecule has 0 aliphatic heterocycles. The molecule has 0 aliphatic carbocycles. The molecule has 0 aliphatic rings. The number of quaternary nitrogens is 1. The summed E-state index contributed by atoms with van der Waals surface area (Å²) in [5.74, 6) is 0. The quantitative estimate of drug-likeness (QED) is 0.199. The summed E-state index contributed by atoms with van der Waals surface area (Å²) in [4.78, 5) is 19.6. The molecule has 1 heterocycles. The van der Waals surface area contributed by atoms with Crippen LogP contribution in [0.3, 0.4) is 0 Å². The average Bonchev–Trinajstić information content (AvgIpc) is 3.05. The first kappa shape index (κ1) is 25.1. The van der Waals surface area contributed by atoms with Crippen LogP contribution in [0, 0.1) is 0 Å². The van der Waals surface area contributed by atoms with Crippen LogP contribution in [0.2, 0.25) is 25.7 Å². The minimum atomic E-state index is -3.86. The van der Waals surface area contributed by atoms with Crippen molar-refractivity contribution in [2.45, 2.75) is 95.4 Å². The van der Waals surface area contributed by atoms with Crippen LogP contribution in [0.15, 0.2) is 17.5 Å². The van der Waals surface area contributed by atoms with Crippen molar-refractivity contribution in [1.29, 1.82) is 0 Å². The first-order chi connectivity index (χ1) is 12.5. The molecule has 0 spiro atoms. The average molecular weight is 435 g/mol. The minimum absolute atomic E-state index is 0.0110. The number of unbranched alkanes of at least 4 members (excludes halogenated alkanes) is 3. The maximum Gasteiger partial charge on any atom is 0.325 e. The van der Waals surface area contributed by atoms with Gasteiger partial charge in [-0.1, -0.05) is 38.2 Å². The maximum atomic E-state index is 11.1. The van der Waals surface area contributed by atoms with E-state index in [1.54, 1.807) is 0 Å². The summed E-state index contributed by atoms with van der Waals surface area (Å²) in [5, 5.41) is 2.14. The Balaban J connectivity index is 2.41. The zero-order valence-corrected chi connectivity index (χ0v) is 20.3. The van der Waals surface area contributed by atoms with Crippen LogP contribution in [-0.2, 0) is 11.0 Å². The molecule has 1 aromatic rings. The van der Waals surface area contributed by atoms with Crippen molar-refractivity contribution in [3.63, 3.8) is 0 Å². The molecule has 0 bridgehead atoms. The number of aryl methyl sites for hydroxylation is 1. The molecule has 0 saturated carbocycles. The molecule has 1 unspecified atom stereocenters. The van der Waals surface area contributed by atoms with Crippen molar-refractivity contribution in [2.75, 3.05) is 6.16 Å². The van der Waals surface area contributed by atoms with Crippen LogP contribution in [0.5, 0.6) is 0 Å². The van der Waals surface area contributed by atoms with Crippen molar-refractivity contribution in [3.05, 3.63) is 22.4 Å². The Labute approximate surface area is 171 Å². The Kier molecular flexibility index (Phi) is 11.0. The van der Waals surface area contributed by atoms with Crippen LogP contribution >= 0.6 is 18.9 Å². The Morgan fingerprint density at radius 1 is 1.04 bits per heavy atom. The summed E-state index contributed by atoms with van der Waals surface area (Å²) in [6.07, 6.45) is 10.8. The van der Waals surface area contributed by atoms with Crippen molar-refractivity contribution in [2.24, 2.45) is 0 Å². The van der Waals surface area contributed by atoms with Crippen molar-refractivity contribution >= 4 is 27.0 Å². The SMILES string of the molecule is C[Si](C)(C)CCCCC([NH3+])(CCCCc1cccs1)CCCCP(=O)(O)O. The zero-order valence-electron chi connectivity index (χ0n) is 17.6. The number of hydrogen-bond donors (Lipinski definition) is 3. The Morgan fingerprint density at radius 3 is 2.15 bits per heavy atom. The monoisotopic (exact) mass is 434 g/mol. The lowest BCUT2D eigenvalue weighted by Gasteiger charge is -2.27. The van der Waals surface area contributed by atoms with Crippen molar-refractivity contribution in [3.8, 4) is 0 Å². The molecular weight excluding hydrogens is 393 g/mol. The highest BCUT2D eigenvalue weighted by atomic mass is 32.1. The zero-order chi connectivity index (χ0) is 20.4. The standard InChI is InChI=1S/C20H40NO3PSSi/c1-27(2,3)18-9-7-15-20(21,14-6-8-16-25(22,23)24)13-5-4-11-19-12-10-17-26-19/h10,12,17H,4-9,11,13-16,18,21H2,1-3H3,(H2,22,23,24)/p+1. The molecule has 158 valence electrons. The predicted octanol–water partition coefficient (Wildman–Crippen LogP) is 5.30. The molecule has 5 N–H and O–H groups in total. The number of rotatable bonds is 15. The third-order valence-corrected chi connectivity index (χ3v) is 8.94. The second-order valence-electron chi connectivity index (χ2n) is 9.40. The topological polar surface area (TPSA) is 85.2 Å². The van der Waals surface area contributed by atoms with Gasteiger partial charge >= 0.3 is 7.60 Å². The Bertz CT molecular complexity index is 556. The predicted molar refractivity (Wildman–Crippen MR) is 120 cm³/mol. The second kappa shape index (κ2) is 11.9. The number of thiophene rings is 1. The fourth-order valence-electron chi connectivity index (χ4n) is 3.60. The lowest BCUT2D eigenvalue weighted by molar-refractivity contribution is -0.484. The molecule has 1 rings (SSSR count). The fraction of sp³-hybridized carbons (Fsp3) is 0.800. The summed E-state index contributed by atoms with van der Waals surface area (Å²) in [6.45, 7) is 7.28. The van der Waals surface area contributed by atoms with E-state index in [1.165, 1.54) is 36.6 Å². The Morgan fingerprint density at radius 2 is 1.63 bits per heavy atom. The van der Waals surface area contributed by atoms with Crippen LogP contribution in [0.1, 0.15) is 62.7 Å². The van der Waals surface area contributed by atoms with Gasteiger partial charge in [-0.05, 0) is 50.0 Å². The second-order valence-corrected chi connectivity index (χ2v) is 17.8. The van der Waals surface area contributed by atoms with E-state index in [-0.39, 0.29) is 11.7 Å². The molecule has 0 fully saturated rings. The lowest BCUT2D eigenvalue weighted by Crippen LogP contribution is -2.72. The third kappa shape index (κ3) is 13.8. The van der Waals surface area contributed by atoms with Gasteiger partial charge < -0.3 is 15.5 Å². The van der Waals surface area contributed by atoms with Crippen LogP contribution in [0.4, 0.5) is 0 Å². The van der Waals surface area contributed by atoms with E-state index in [0.717, 1.165) is 32.1 Å². The normalized spacial score (nSPS) is 15.0. The van der Waals surface area contributed by atoms with Gasteiger partial charge in [0.15, 0.2) is 0 Å². The van der Waals surface area contributed by atoms with Gasteiger partial charge in [0.05, 0.1) is 5.54 Å². The highest BCUT2D eigenvalue weighted by Crippen LogP contribution is 2.36. The molecule has 0 amide bonds. The molecular formula is C20H41NO3PSSi+. The summed E-state index contributed by atoms with van der Waals surface area (Å²) < 4.78 is 11.1. The van der Waals surface area contributed by atoms with Gasteiger partial charge in [-0.3, -0.25) is 4.57 Å². The van der Waals surface area contributed by atoms with Gasteiger partial charge in [-0.25, -0.2) is 0 Å². The van der Waals surface area contributed by atoms with E-state index in [9.17, 15) is 4.57 Å². The van der Waals surface area contributed by atoms with E-state index in [1.807, 2.05) is 11.3 Å². The summed E-state index contributed by atoms with van der Waals surface area (Å²) >= 11 is 1.83. The van der Waals surface area contributed by atoms with E-state index in [2.05, 4.69) is 42.9 Å². The molecule has 1 atom stereocenters. The summed E-state index contributed by atoms with van der Waals surface area (Å²) in [7, 11) is -4.83.